The normalized spacial score (nSPS) is 14.4. The van der Waals surface area contributed by atoms with Crippen LogP contribution in [0.15, 0.2) is 60.7 Å². The average Bonchev–Trinajstić information content (AvgIpc) is 2.39. The number of aliphatic hydroxyl groups is 1. The van der Waals surface area contributed by atoms with Crippen LogP contribution in [0.1, 0.15) is 23.3 Å². The van der Waals surface area contributed by atoms with E-state index < -0.39 is 6.10 Å². The molecule has 2 heteroatoms. The maximum Gasteiger partial charge on any atom is 0.0982 e. The summed E-state index contributed by atoms with van der Waals surface area (Å²) in [7, 11) is 0. The molecule has 2 atom stereocenters. The van der Waals surface area contributed by atoms with Crippen LogP contribution in [-0.2, 0) is 0 Å². The highest BCUT2D eigenvalue weighted by molar-refractivity contribution is 5.25. The Morgan fingerprint density at radius 3 is 1.69 bits per heavy atom. The minimum atomic E-state index is -0.663. The summed E-state index contributed by atoms with van der Waals surface area (Å²) >= 11 is 0. The summed E-state index contributed by atoms with van der Waals surface area (Å²) < 4.78 is 0. The molecule has 3 N–H and O–H groups in total. The lowest BCUT2D eigenvalue weighted by Crippen LogP contribution is -2.19. The van der Waals surface area contributed by atoms with E-state index in [1.807, 2.05) is 60.7 Å². The van der Waals surface area contributed by atoms with Crippen molar-refractivity contribution < 1.29 is 5.11 Å². The average molecular weight is 213 g/mol. The third kappa shape index (κ3) is 2.30. The molecule has 2 nitrogen and oxygen atoms in total. The topological polar surface area (TPSA) is 46.2 Å². The first kappa shape index (κ1) is 10.9. The summed E-state index contributed by atoms with van der Waals surface area (Å²) in [6.07, 6.45) is -0.663. The van der Waals surface area contributed by atoms with Crippen molar-refractivity contribution in [2.75, 3.05) is 0 Å². The molecule has 0 saturated heterocycles. The molecule has 0 aliphatic heterocycles. The van der Waals surface area contributed by atoms with Gasteiger partial charge in [0.15, 0.2) is 0 Å². The van der Waals surface area contributed by atoms with Crippen molar-refractivity contribution in [1.29, 1.82) is 0 Å². The van der Waals surface area contributed by atoms with Crippen LogP contribution in [0.2, 0.25) is 0 Å². The van der Waals surface area contributed by atoms with E-state index in [1.165, 1.54) is 0 Å². The second-order valence-electron chi connectivity index (χ2n) is 3.79. The molecule has 0 aliphatic carbocycles. The van der Waals surface area contributed by atoms with Crippen molar-refractivity contribution in [2.24, 2.45) is 5.73 Å². The van der Waals surface area contributed by atoms with Crippen molar-refractivity contribution in [3.63, 3.8) is 0 Å². The van der Waals surface area contributed by atoms with Gasteiger partial charge in [0.1, 0.15) is 0 Å². The molecule has 0 aromatic heterocycles. The molecule has 0 radical (unpaired) electrons. The molecule has 0 fully saturated rings. The standard InChI is InChI=1S/C14H15NO/c15-13(11-7-3-1-4-8-11)14(16)12-9-5-2-6-10-12/h1-10,13-14,16H,15H2/t13-,14-/m0/s1. The Kier molecular flexibility index (Phi) is 3.34. The molecular formula is C14H15NO. The lowest BCUT2D eigenvalue weighted by Gasteiger charge is -2.19. The first-order valence-corrected chi connectivity index (χ1v) is 5.32. The number of benzene rings is 2. The predicted octanol–water partition coefficient (Wildman–Crippen LogP) is 2.42. The molecule has 0 saturated carbocycles. The quantitative estimate of drug-likeness (QED) is 0.822. The summed E-state index contributed by atoms with van der Waals surface area (Å²) in [4.78, 5) is 0. The van der Waals surface area contributed by atoms with E-state index >= 15 is 0 Å². The van der Waals surface area contributed by atoms with Crippen molar-refractivity contribution in [1.82, 2.24) is 0 Å². The van der Waals surface area contributed by atoms with E-state index in [1.54, 1.807) is 0 Å². The second-order valence-corrected chi connectivity index (χ2v) is 3.79. The molecule has 82 valence electrons. The fraction of sp³-hybridized carbons (Fsp3) is 0.143. The summed E-state index contributed by atoms with van der Waals surface area (Å²) in [6, 6.07) is 18.7. The fourth-order valence-electron chi connectivity index (χ4n) is 1.72. The Morgan fingerprint density at radius 1 is 0.750 bits per heavy atom. The van der Waals surface area contributed by atoms with Gasteiger partial charge in [0.25, 0.3) is 0 Å². The van der Waals surface area contributed by atoms with Gasteiger partial charge < -0.3 is 10.8 Å². The smallest absolute Gasteiger partial charge is 0.0982 e. The molecule has 0 spiro atoms. The first-order valence-electron chi connectivity index (χ1n) is 5.32. The lowest BCUT2D eigenvalue weighted by atomic mass is 9.97. The third-order valence-corrected chi connectivity index (χ3v) is 2.67. The Hall–Kier alpha value is -1.64. The van der Waals surface area contributed by atoms with E-state index in [9.17, 15) is 5.11 Å². The second kappa shape index (κ2) is 4.92. The van der Waals surface area contributed by atoms with Gasteiger partial charge in [-0.15, -0.1) is 0 Å². The van der Waals surface area contributed by atoms with Crippen LogP contribution in [0.4, 0.5) is 0 Å². The van der Waals surface area contributed by atoms with Gasteiger partial charge >= 0.3 is 0 Å². The first-order chi connectivity index (χ1) is 7.79. The SMILES string of the molecule is N[C@@H](c1ccccc1)[C@@H](O)c1ccccc1. The Balaban J connectivity index is 2.20. The zero-order chi connectivity index (χ0) is 11.4. The maximum absolute atomic E-state index is 10.1. The minimum absolute atomic E-state index is 0.386. The summed E-state index contributed by atoms with van der Waals surface area (Å²) in [5.74, 6) is 0. The summed E-state index contributed by atoms with van der Waals surface area (Å²) in [6.45, 7) is 0. The molecule has 0 heterocycles. The van der Waals surface area contributed by atoms with Crippen molar-refractivity contribution in [2.45, 2.75) is 12.1 Å². The van der Waals surface area contributed by atoms with Gasteiger partial charge in [-0.1, -0.05) is 60.7 Å². The molecule has 0 bridgehead atoms. The van der Waals surface area contributed by atoms with Crippen LogP contribution in [0.5, 0.6) is 0 Å². The van der Waals surface area contributed by atoms with Gasteiger partial charge in [-0.25, -0.2) is 0 Å². The third-order valence-electron chi connectivity index (χ3n) is 2.67. The number of aliphatic hydroxyl groups excluding tert-OH is 1. The molecular weight excluding hydrogens is 198 g/mol. The molecule has 0 amide bonds. The van der Waals surface area contributed by atoms with Gasteiger partial charge in [-0.3, -0.25) is 0 Å². The molecule has 0 aliphatic rings. The monoisotopic (exact) mass is 213 g/mol. The molecule has 2 rings (SSSR count). The summed E-state index contributed by atoms with van der Waals surface area (Å²) in [5.41, 5.74) is 7.81. The van der Waals surface area contributed by atoms with E-state index in [0.717, 1.165) is 11.1 Å². The van der Waals surface area contributed by atoms with Crippen LogP contribution in [-0.4, -0.2) is 5.11 Å². The number of rotatable bonds is 3. The number of hydrogen-bond donors (Lipinski definition) is 2. The fourth-order valence-corrected chi connectivity index (χ4v) is 1.72. The molecule has 2 aromatic rings. The van der Waals surface area contributed by atoms with E-state index in [-0.39, 0.29) is 6.04 Å². The lowest BCUT2D eigenvalue weighted by molar-refractivity contribution is 0.147. The van der Waals surface area contributed by atoms with Gasteiger partial charge in [-0.2, -0.15) is 0 Å². The Bertz CT molecular complexity index is 384. The molecule has 2 aromatic carbocycles. The van der Waals surface area contributed by atoms with E-state index in [2.05, 4.69) is 0 Å². The van der Waals surface area contributed by atoms with Crippen molar-refractivity contribution >= 4 is 0 Å². The highest BCUT2D eigenvalue weighted by Crippen LogP contribution is 2.25. The zero-order valence-corrected chi connectivity index (χ0v) is 8.95. The molecule has 16 heavy (non-hydrogen) atoms. The van der Waals surface area contributed by atoms with Crippen LogP contribution >= 0.6 is 0 Å². The Labute approximate surface area is 95.4 Å². The Morgan fingerprint density at radius 2 is 1.19 bits per heavy atom. The minimum Gasteiger partial charge on any atom is -0.386 e. The van der Waals surface area contributed by atoms with Gasteiger partial charge in [0, 0.05) is 0 Å². The van der Waals surface area contributed by atoms with Crippen LogP contribution in [0, 0.1) is 0 Å². The van der Waals surface area contributed by atoms with E-state index in [0.29, 0.717) is 0 Å². The van der Waals surface area contributed by atoms with Crippen LogP contribution < -0.4 is 5.73 Å². The van der Waals surface area contributed by atoms with Gasteiger partial charge in [-0.05, 0) is 11.1 Å². The van der Waals surface area contributed by atoms with E-state index in [4.69, 9.17) is 5.73 Å². The largest absolute Gasteiger partial charge is 0.386 e. The zero-order valence-electron chi connectivity index (χ0n) is 8.95. The highest BCUT2D eigenvalue weighted by Gasteiger charge is 2.17. The van der Waals surface area contributed by atoms with Crippen molar-refractivity contribution in [3.8, 4) is 0 Å². The van der Waals surface area contributed by atoms with Gasteiger partial charge in [0.05, 0.1) is 12.1 Å². The summed E-state index contributed by atoms with van der Waals surface area (Å²) in [5, 5.41) is 10.1. The number of hydrogen-bond acceptors (Lipinski definition) is 2. The maximum atomic E-state index is 10.1. The molecule has 0 unspecified atom stereocenters. The van der Waals surface area contributed by atoms with Crippen molar-refractivity contribution in [3.05, 3.63) is 71.8 Å². The highest BCUT2D eigenvalue weighted by atomic mass is 16.3. The van der Waals surface area contributed by atoms with Crippen LogP contribution in [0.25, 0.3) is 0 Å². The van der Waals surface area contributed by atoms with Crippen LogP contribution in [0.3, 0.4) is 0 Å². The van der Waals surface area contributed by atoms with Gasteiger partial charge in [0.2, 0.25) is 0 Å². The number of nitrogens with two attached hydrogens (primary N) is 1. The predicted molar refractivity (Wildman–Crippen MR) is 64.8 cm³/mol.